The van der Waals surface area contributed by atoms with Crippen molar-refractivity contribution in [1.82, 2.24) is 4.90 Å². The van der Waals surface area contributed by atoms with Crippen LogP contribution in [0.3, 0.4) is 0 Å². The van der Waals surface area contributed by atoms with E-state index >= 15 is 0 Å². The van der Waals surface area contributed by atoms with Crippen LogP contribution in [0, 0.1) is 6.92 Å². The Kier molecular flexibility index (Phi) is 4.15. The topological polar surface area (TPSA) is 55.3 Å². The first-order chi connectivity index (χ1) is 8.13. The van der Waals surface area contributed by atoms with Crippen molar-refractivity contribution in [3.8, 4) is 0 Å². The fourth-order valence-electron chi connectivity index (χ4n) is 2.61. The summed E-state index contributed by atoms with van der Waals surface area (Å²) in [6.45, 7) is 5.17. The molecule has 1 saturated heterocycles. The van der Waals surface area contributed by atoms with Gasteiger partial charge in [0.15, 0.2) is 0 Å². The van der Waals surface area contributed by atoms with Gasteiger partial charge in [0.05, 0.1) is 0 Å². The van der Waals surface area contributed by atoms with Crippen LogP contribution in [-0.4, -0.2) is 36.6 Å². The van der Waals surface area contributed by atoms with Crippen molar-refractivity contribution in [3.63, 3.8) is 0 Å². The van der Waals surface area contributed by atoms with Crippen molar-refractivity contribution in [2.24, 2.45) is 11.5 Å². The number of likely N-dealkylation sites (tertiary alicyclic amines) is 1. The quantitative estimate of drug-likeness (QED) is 0.815. The maximum atomic E-state index is 5.99. The molecular weight excluding hydrogens is 210 g/mol. The highest BCUT2D eigenvalue weighted by molar-refractivity contribution is 5.22. The molecule has 94 valence electrons. The predicted molar refractivity (Wildman–Crippen MR) is 71.9 cm³/mol. The molecule has 0 amide bonds. The normalized spacial score (nSPS) is 26.1. The Balaban J connectivity index is 1.85. The second-order valence-electron chi connectivity index (χ2n) is 5.25. The number of piperidine rings is 1. The van der Waals surface area contributed by atoms with E-state index in [2.05, 4.69) is 36.1 Å². The summed E-state index contributed by atoms with van der Waals surface area (Å²) in [5.74, 6) is 0. The van der Waals surface area contributed by atoms with Gasteiger partial charge >= 0.3 is 0 Å². The third-order valence-corrected chi connectivity index (χ3v) is 3.39. The van der Waals surface area contributed by atoms with Gasteiger partial charge in [-0.3, -0.25) is 4.90 Å². The van der Waals surface area contributed by atoms with Crippen LogP contribution < -0.4 is 11.5 Å². The van der Waals surface area contributed by atoms with E-state index in [1.54, 1.807) is 0 Å². The first kappa shape index (κ1) is 12.6. The minimum Gasteiger partial charge on any atom is -0.326 e. The van der Waals surface area contributed by atoms with Crippen molar-refractivity contribution in [2.75, 3.05) is 19.6 Å². The van der Waals surface area contributed by atoms with Crippen LogP contribution in [0.2, 0.25) is 0 Å². The molecule has 1 aliphatic heterocycles. The standard InChI is InChI=1S/C14H23N3/c1-11-3-2-4-12(7-11)5-6-17-9-13(15)8-14(16)10-17/h2-4,7,13-14H,5-6,8-10,15-16H2,1H3/t13-,14+. The van der Waals surface area contributed by atoms with Crippen LogP contribution >= 0.6 is 0 Å². The number of hydrogen-bond donors (Lipinski definition) is 2. The molecule has 3 heteroatoms. The molecular formula is C14H23N3. The molecule has 0 saturated carbocycles. The summed E-state index contributed by atoms with van der Waals surface area (Å²) in [6, 6.07) is 9.20. The van der Waals surface area contributed by atoms with Crippen LogP contribution in [-0.2, 0) is 6.42 Å². The molecule has 0 bridgehead atoms. The second kappa shape index (κ2) is 5.63. The smallest absolute Gasteiger partial charge is 0.0183 e. The van der Waals surface area contributed by atoms with Crippen molar-refractivity contribution in [1.29, 1.82) is 0 Å². The minimum absolute atomic E-state index is 0.247. The third-order valence-electron chi connectivity index (χ3n) is 3.39. The summed E-state index contributed by atoms with van der Waals surface area (Å²) in [7, 11) is 0. The van der Waals surface area contributed by atoms with Gasteiger partial charge in [-0.05, 0) is 25.3 Å². The highest BCUT2D eigenvalue weighted by Gasteiger charge is 2.21. The van der Waals surface area contributed by atoms with E-state index in [0.717, 1.165) is 32.5 Å². The number of aryl methyl sites for hydroxylation is 1. The summed E-state index contributed by atoms with van der Waals surface area (Å²) in [5, 5.41) is 0. The van der Waals surface area contributed by atoms with Crippen molar-refractivity contribution >= 4 is 0 Å². The zero-order chi connectivity index (χ0) is 12.3. The second-order valence-corrected chi connectivity index (χ2v) is 5.25. The van der Waals surface area contributed by atoms with Crippen molar-refractivity contribution in [2.45, 2.75) is 31.8 Å². The molecule has 0 spiro atoms. The van der Waals surface area contributed by atoms with Crippen LogP contribution in [0.1, 0.15) is 17.5 Å². The maximum absolute atomic E-state index is 5.99. The molecule has 1 heterocycles. The molecule has 2 atom stereocenters. The van der Waals surface area contributed by atoms with Gasteiger partial charge in [-0.25, -0.2) is 0 Å². The largest absolute Gasteiger partial charge is 0.326 e. The van der Waals surface area contributed by atoms with Gasteiger partial charge < -0.3 is 11.5 Å². The van der Waals surface area contributed by atoms with Gasteiger partial charge in [-0.15, -0.1) is 0 Å². The van der Waals surface area contributed by atoms with Crippen molar-refractivity contribution in [3.05, 3.63) is 35.4 Å². The summed E-state index contributed by atoms with van der Waals surface area (Å²) >= 11 is 0. The molecule has 1 aromatic carbocycles. The van der Waals surface area contributed by atoms with Gasteiger partial charge in [-0.1, -0.05) is 29.8 Å². The van der Waals surface area contributed by atoms with Crippen LogP contribution in [0.4, 0.5) is 0 Å². The Bertz CT molecular complexity index is 354. The van der Waals surface area contributed by atoms with Gasteiger partial charge in [0.2, 0.25) is 0 Å². The number of nitrogens with two attached hydrogens (primary N) is 2. The minimum atomic E-state index is 0.247. The first-order valence-corrected chi connectivity index (χ1v) is 6.42. The Hall–Kier alpha value is -0.900. The van der Waals surface area contributed by atoms with Crippen LogP contribution in [0.15, 0.2) is 24.3 Å². The van der Waals surface area contributed by atoms with E-state index in [1.165, 1.54) is 11.1 Å². The SMILES string of the molecule is Cc1cccc(CCN2C[C@H](N)C[C@H](N)C2)c1. The van der Waals surface area contributed by atoms with E-state index in [9.17, 15) is 0 Å². The fourth-order valence-corrected chi connectivity index (χ4v) is 2.61. The summed E-state index contributed by atoms with van der Waals surface area (Å²) < 4.78 is 0. The highest BCUT2D eigenvalue weighted by atomic mass is 15.2. The highest BCUT2D eigenvalue weighted by Crippen LogP contribution is 2.10. The average Bonchev–Trinajstić information content (AvgIpc) is 2.25. The summed E-state index contributed by atoms with van der Waals surface area (Å²) in [5.41, 5.74) is 14.7. The Labute approximate surface area is 104 Å². The Morgan fingerprint density at radius 2 is 1.94 bits per heavy atom. The predicted octanol–water partition coefficient (Wildman–Crippen LogP) is 0.898. The van der Waals surface area contributed by atoms with E-state index < -0.39 is 0 Å². The molecule has 3 nitrogen and oxygen atoms in total. The molecule has 4 N–H and O–H groups in total. The van der Waals surface area contributed by atoms with Crippen molar-refractivity contribution < 1.29 is 0 Å². The number of nitrogens with zero attached hydrogens (tertiary/aromatic N) is 1. The van der Waals surface area contributed by atoms with E-state index in [0.29, 0.717) is 0 Å². The molecule has 17 heavy (non-hydrogen) atoms. The zero-order valence-electron chi connectivity index (χ0n) is 10.6. The summed E-state index contributed by atoms with van der Waals surface area (Å²) in [4.78, 5) is 2.39. The molecule has 1 aliphatic rings. The number of rotatable bonds is 3. The van der Waals surface area contributed by atoms with Gasteiger partial charge in [0.25, 0.3) is 0 Å². The zero-order valence-corrected chi connectivity index (χ0v) is 10.6. The lowest BCUT2D eigenvalue weighted by molar-refractivity contribution is 0.192. The molecule has 1 aromatic rings. The number of hydrogen-bond acceptors (Lipinski definition) is 3. The molecule has 0 aliphatic carbocycles. The van der Waals surface area contributed by atoms with Crippen LogP contribution in [0.5, 0.6) is 0 Å². The molecule has 1 fully saturated rings. The monoisotopic (exact) mass is 233 g/mol. The maximum Gasteiger partial charge on any atom is 0.0183 e. The lowest BCUT2D eigenvalue weighted by Gasteiger charge is -2.34. The van der Waals surface area contributed by atoms with Crippen LogP contribution in [0.25, 0.3) is 0 Å². The lowest BCUT2D eigenvalue weighted by atomic mass is 10.0. The van der Waals surface area contributed by atoms with Gasteiger partial charge in [0, 0.05) is 31.7 Å². The number of benzene rings is 1. The first-order valence-electron chi connectivity index (χ1n) is 6.42. The fraction of sp³-hybridized carbons (Fsp3) is 0.571. The van der Waals surface area contributed by atoms with Gasteiger partial charge in [-0.2, -0.15) is 0 Å². The lowest BCUT2D eigenvalue weighted by Crippen LogP contribution is -2.52. The van der Waals surface area contributed by atoms with E-state index in [1.807, 2.05) is 0 Å². The average molecular weight is 233 g/mol. The van der Waals surface area contributed by atoms with E-state index in [4.69, 9.17) is 11.5 Å². The Morgan fingerprint density at radius 1 is 1.24 bits per heavy atom. The molecule has 2 rings (SSSR count). The molecule has 0 radical (unpaired) electrons. The molecule has 0 unspecified atom stereocenters. The van der Waals surface area contributed by atoms with Gasteiger partial charge in [0.1, 0.15) is 0 Å². The Morgan fingerprint density at radius 3 is 2.59 bits per heavy atom. The summed E-state index contributed by atoms with van der Waals surface area (Å²) in [6.07, 6.45) is 2.04. The third kappa shape index (κ3) is 3.80. The van der Waals surface area contributed by atoms with E-state index in [-0.39, 0.29) is 12.1 Å². The molecule has 0 aromatic heterocycles.